The zero-order valence-electron chi connectivity index (χ0n) is 12.8. The van der Waals surface area contributed by atoms with Crippen molar-refractivity contribution >= 4 is 0 Å². The fourth-order valence-electron chi connectivity index (χ4n) is 2.27. The summed E-state index contributed by atoms with van der Waals surface area (Å²) in [6, 6.07) is 12.3. The summed E-state index contributed by atoms with van der Waals surface area (Å²) in [6.07, 6.45) is 0.401. The van der Waals surface area contributed by atoms with E-state index in [1.807, 2.05) is 45.0 Å². The Bertz CT molecular complexity index is 612. The molecule has 2 aromatic rings. The first-order valence-electron chi connectivity index (χ1n) is 7.26. The van der Waals surface area contributed by atoms with E-state index in [-0.39, 0.29) is 18.0 Å². The Balaban J connectivity index is 2.35. The van der Waals surface area contributed by atoms with Gasteiger partial charge < -0.3 is 10.5 Å². The largest absolute Gasteiger partial charge is 0.484 e. The monoisotopic (exact) mass is 287 g/mol. The Hall–Kier alpha value is -1.87. The van der Waals surface area contributed by atoms with E-state index < -0.39 is 0 Å². The molecule has 3 heteroatoms. The van der Waals surface area contributed by atoms with Gasteiger partial charge in [0.15, 0.2) is 0 Å². The van der Waals surface area contributed by atoms with Gasteiger partial charge in [0.05, 0.1) is 0 Å². The number of rotatable bonds is 5. The molecule has 2 nitrogen and oxygen atoms in total. The Morgan fingerprint density at radius 3 is 2.57 bits per heavy atom. The van der Waals surface area contributed by atoms with Crippen LogP contribution in [0.2, 0.25) is 0 Å². The molecule has 0 aromatic heterocycles. The molecule has 0 radical (unpaired) electrons. The highest BCUT2D eigenvalue weighted by Gasteiger charge is 2.21. The highest BCUT2D eigenvalue weighted by Crippen LogP contribution is 2.29. The molecule has 2 rings (SSSR count). The van der Waals surface area contributed by atoms with Crippen LogP contribution < -0.4 is 10.5 Å². The molecule has 2 aromatic carbocycles. The van der Waals surface area contributed by atoms with Crippen molar-refractivity contribution in [3.63, 3.8) is 0 Å². The van der Waals surface area contributed by atoms with Gasteiger partial charge in [0.2, 0.25) is 0 Å². The van der Waals surface area contributed by atoms with Gasteiger partial charge in [0.1, 0.15) is 17.7 Å². The first-order valence-corrected chi connectivity index (χ1v) is 7.26. The number of nitrogens with two attached hydrogens (primary N) is 1. The summed E-state index contributed by atoms with van der Waals surface area (Å²) >= 11 is 0. The molecule has 0 spiro atoms. The van der Waals surface area contributed by atoms with E-state index in [0.29, 0.717) is 0 Å². The summed E-state index contributed by atoms with van der Waals surface area (Å²) in [6.45, 7) is 6.02. The molecule has 0 aliphatic rings. The summed E-state index contributed by atoms with van der Waals surface area (Å²) < 4.78 is 19.6. The molecule has 0 fully saturated rings. The van der Waals surface area contributed by atoms with E-state index in [1.165, 1.54) is 12.1 Å². The van der Waals surface area contributed by atoms with Crippen LogP contribution in [0.5, 0.6) is 5.75 Å². The van der Waals surface area contributed by atoms with Gasteiger partial charge in [-0.1, -0.05) is 31.2 Å². The van der Waals surface area contributed by atoms with Gasteiger partial charge in [-0.2, -0.15) is 0 Å². The summed E-state index contributed by atoms with van der Waals surface area (Å²) in [7, 11) is 0. The number of ether oxygens (including phenoxy) is 1. The SMILES string of the molecule is CCC(N)C(Oc1cc(C)ccc1C)c1cccc(F)c1. The van der Waals surface area contributed by atoms with Crippen LogP contribution in [0.3, 0.4) is 0 Å². The predicted molar refractivity (Wildman–Crippen MR) is 84.0 cm³/mol. The van der Waals surface area contributed by atoms with Gasteiger partial charge in [0.25, 0.3) is 0 Å². The molecule has 0 bridgehead atoms. The average Bonchev–Trinajstić information content (AvgIpc) is 2.47. The maximum Gasteiger partial charge on any atom is 0.139 e. The molecule has 21 heavy (non-hydrogen) atoms. The Morgan fingerprint density at radius 1 is 1.14 bits per heavy atom. The van der Waals surface area contributed by atoms with Gasteiger partial charge in [-0.3, -0.25) is 0 Å². The minimum absolute atomic E-state index is 0.188. The van der Waals surface area contributed by atoms with Gasteiger partial charge in [-0.15, -0.1) is 0 Å². The highest BCUT2D eigenvalue weighted by atomic mass is 19.1. The van der Waals surface area contributed by atoms with E-state index in [1.54, 1.807) is 6.07 Å². The van der Waals surface area contributed by atoms with Gasteiger partial charge in [-0.05, 0) is 55.2 Å². The topological polar surface area (TPSA) is 35.2 Å². The Morgan fingerprint density at radius 2 is 1.90 bits per heavy atom. The summed E-state index contributed by atoms with van der Waals surface area (Å²) in [5.41, 5.74) is 9.13. The normalized spacial score (nSPS) is 13.8. The molecule has 0 amide bonds. The summed E-state index contributed by atoms with van der Waals surface area (Å²) in [5, 5.41) is 0. The fourth-order valence-corrected chi connectivity index (χ4v) is 2.27. The minimum Gasteiger partial charge on any atom is -0.484 e. The van der Waals surface area contributed by atoms with Crippen LogP contribution in [-0.4, -0.2) is 6.04 Å². The molecule has 0 aliphatic carbocycles. The number of halogens is 1. The Labute approximate surface area is 125 Å². The number of hydrogen-bond donors (Lipinski definition) is 1. The van der Waals surface area contributed by atoms with E-state index in [2.05, 4.69) is 0 Å². The van der Waals surface area contributed by atoms with Crippen LogP contribution in [0, 0.1) is 19.7 Å². The smallest absolute Gasteiger partial charge is 0.139 e. The standard InChI is InChI=1S/C18H22FNO/c1-4-16(20)18(14-6-5-7-15(19)11-14)21-17-10-12(2)8-9-13(17)3/h5-11,16,18H,4,20H2,1-3H3. The maximum absolute atomic E-state index is 13.5. The van der Waals surface area contributed by atoms with Crippen LogP contribution in [0.25, 0.3) is 0 Å². The minimum atomic E-state index is -0.355. The third-order valence-corrected chi connectivity index (χ3v) is 3.64. The second-order valence-corrected chi connectivity index (χ2v) is 5.43. The first kappa shape index (κ1) is 15.5. The summed E-state index contributed by atoms with van der Waals surface area (Å²) in [4.78, 5) is 0. The number of hydrogen-bond acceptors (Lipinski definition) is 2. The molecule has 0 saturated heterocycles. The maximum atomic E-state index is 13.5. The molecule has 2 unspecified atom stereocenters. The lowest BCUT2D eigenvalue weighted by Gasteiger charge is -2.26. The van der Waals surface area contributed by atoms with Crippen molar-refractivity contribution in [2.24, 2.45) is 5.73 Å². The van der Waals surface area contributed by atoms with E-state index in [0.717, 1.165) is 28.9 Å². The molecular weight excluding hydrogens is 265 g/mol. The van der Waals surface area contributed by atoms with Crippen molar-refractivity contribution in [3.05, 3.63) is 65.0 Å². The van der Waals surface area contributed by atoms with Crippen LogP contribution in [0.1, 0.15) is 36.1 Å². The highest BCUT2D eigenvalue weighted by molar-refractivity contribution is 5.37. The second-order valence-electron chi connectivity index (χ2n) is 5.43. The molecule has 2 N–H and O–H groups in total. The quantitative estimate of drug-likeness (QED) is 0.890. The lowest BCUT2D eigenvalue weighted by molar-refractivity contribution is 0.169. The van der Waals surface area contributed by atoms with Crippen LogP contribution in [0.15, 0.2) is 42.5 Å². The predicted octanol–water partition coefficient (Wildman–Crippen LogP) is 4.30. The molecule has 0 aliphatic heterocycles. The number of benzene rings is 2. The van der Waals surface area contributed by atoms with Gasteiger partial charge in [0, 0.05) is 6.04 Å². The number of aryl methyl sites for hydroxylation is 2. The molecule has 2 atom stereocenters. The van der Waals surface area contributed by atoms with E-state index in [4.69, 9.17) is 10.5 Å². The van der Waals surface area contributed by atoms with Crippen molar-refractivity contribution in [1.82, 2.24) is 0 Å². The van der Waals surface area contributed by atoms with Crippen molar-refractivity contribution in [2.75, 3.05) is 0 Å². The Kier molecular flexibility index (Phi) is 4.97. The first-order chi connectivity index (χ1) is 10.0. The fraction of sp³-hybridized carbons (Fsp3) is 0.333. The van der Waals surface area contributed by atoms with Crippen LogP contribution in [0.4, 0.5) is 4.39 Å². The van der Waals surface area contributed by atoms with E-state index in [9.17, 15) is 4.39 Å². The molecule has 0 heterocycles. The molecular formula is C18H22FNO. The lowest BCUT2D eigenvalue weighted by atomic mass is 10.0. The van der Waals surface area contributed by atoms with Gasteiger partial charge >= 0.3 is 0 Å². The summed E-state index contributed by atoms with van der Waals surface area (Å²) in [5.74, 6) is 0.526. The third kappa shape index (κ3) is 3.82. The zero-order valence-corrected chi connectivity index (χ0v) is 12.8. The molecule has 112 valence electrons. The second kappa shape index (κ2) is 6.72. The van der Waals surface area contributed by atoms with Crippen LogP contribution >= 0.6 is 0 Å². The van der Waals surface area contributed by atoms with Gasteiger partial charge in [-0.25, -0.2) is 4.39 Å². The zero-order chi connectivity index (χ0) is 15.4. The van der Waals surface area contributed by atoms with E-state index >= 15 is 0 Å². The van der Waals surface area contributed by atoms with Crippen molar-refractivity contribution in [2.45, 2.75) is 39.3 Å². The van der Waals surface area contributed by atoms with Crippen molar-refractivity contribution in [3.8, 4) is 5.75 Å². The lowest BCUT2D eigenvalue weighted by Crippen LogP contribution is -2.31. The van der Waals surface area contributed by atoms with Crippen molar-refractivity contribution in [1.29, 1.82) is 0 Å². The molecule has 0 saturated carbocycles. The third-order valence-electron chi connectivity index (χ3n) is 3.64. The average molecular weight is 287 g/mol. The van der Waals surface area contributed by atoms with Crippen molar-refractivity contribution < 1.29 is 9.13 Å². The van der Waals surface area contributed by atoms with Crippen LogP contribution in [-0.2, 0) is 0 Å².